The van der Waals surface area contributed by atoms with Gasteiger partial charge in [-0.25, -0.2) is 0 Å². The Balaban J connectivity index is 1.87. The number of amides is 2. The first-order valence-electron chi connectivity index (χ1n) is 9.11. The Kier molecular flexibility index (Phi) is 6.59. The van der Waals surface area contributed by atoms with Crippen LogP contribution in [0.2, 0.25) is 0 Å². The van der Waals surface area contributed by atoms with Gasteiger partial charge in [0.2, 0.25) is 11.8 Å². The summed E-state index contributed by atoms with van der Waals surface area (Å²) in [5, 5.41) is 6.17. The fraction of sp³-hybridized carbons (Fsp3) is 0.600. The van der Waals surface area contributed by atoms with Crippen LogP contribution in [0.25, 0.3) is 0 Å². The third-order valence-electron chi connectivity index (χ3n) is 4.47. The second kappa shape index (κ2) is 8.48. The Morgan fingerprint density at radius 1 is 1.20 bits per heavy atom. The average molecular weight is 345 g/mol. The highest BCUT2D eigenvalue weighted by atomic mass is 16.2. The summed E-state index contributed by atoms with van der Waals surface area (Å²) in [4.78, 5) is 26.4. The lowest BCUT2D eigenvalue weighted by Gasteiger charge is -2.32. The molecule has 0 aromatic heterocycles. The van der Waals surface area contributed by atoms with E-state index >= 15 is 0 Å². The van der Waals surface area contributed by atoms with Crippen LogP contribution in [0.15, 0.2) is 24.3 Å². The topological polar surface area (TPSA) is 61.4 Å². The Bertz CT molecular complexity index is 590. The number of likely N-dealkylation sites (N-methyl/N-ethyl adjacent to an activating group) is 1. The van der Waals surface area contributed by atoms with Gasteiger partial charge in [0, 0.05) is 31.2 Å². The molecule has 1 aliphatic rings. The van der Waals surface area contributed by atoms with E-state index in [9.17, 15) is 9.59 Å². The van der Waals surface area contributed by atoms with Crippen molar-refractivity contribution in [3.63, 3.8) is 0 Å². The van der Waals surface area contributed by atoms with E-state index in [0.717, 1.165) is 37.2 Å². The maximum absolute atomic E-state index is 12.5. The zero-order chi connectivity index (χ0) is 18.4. The minimum absolute atomic E-state index is 0.0164. The van der Waals surface area contributed by atoms with Crippen molar-refractivity contribution in [2.75, 3.05) is 25.5 Å². The number of likely N-dealkylation sites (tertiary alicyclic amines) is 1. The minimum Gasteiger partial charge on any atom is -0.341 e. The molecule has 1 heterocycles. The zero-order valence-corrected chi connectivity index (χ0v) is 15.9. The molecule has 1 unspecified atom stereocenters. The normalized spacial score (nSPS) is 18.1. The van der Waals surface area contributed by atoms with E-state index in [1.807, 2.05) is 57.0 Å². The quantitative estimate of drug-likeness (QED) is 0.863. The van der Waals surface area contributed by atoms with Crippen molar-refractivity contribution in [1.29, 1.82) is 0 Å². The first kappa shape index (κ1) is 19.4. The number of nitrogens with one attached hydrogen (secondary N) is 2. The Labute approximate surface area is 151 Å². The fourth-order valence-electron chi connectivity index (χ4n) is 3.12. The average Bonchev–Trinajstić information content (AvgIpc) is 2.55. The van der Waals surface area contributed by atoms with Crippen molar-refractivity contribution in [3.8, 4) is 0 Å². The number of carbonyl (C=O) groups excluding carboxylic acids is 2. The molecule has 25 heavy (non-hydrogen) atoms. The third-order valence-corrected chi connectivity index (χ3v) is 4.47. The molecule has 0 bridgehead atoms. The summed E-state index contributed by atoms with van der Waals surface area (Å²) in [5.41, 5.74) is 1.72. The summed E-state index contributed by atoms with van der Waals surface area (Å²) in [7, 11) is 1.95. The monoisotopic (exact) mass is 345 g/mol. The molecule has 2 N–H and O–H groups in total. The fourth-order valence-corrected chi connectivity index (χ4v) is 3.12. The van der Waals surface area contributed by atoms with Gasteiger partial charge >= 0.3 is 0 Å². The maximum Gasteiger partial charge on any atom is 0.227 e. The molecule has 0 saturated carbocycles. The van der Waals surface area contributed by atoms with Crippen LogP contribution in [0.5, 0.6) is 0 Å². The summed E-state index contributed by atoms with van der Waals surface area (Å²) in [6.07, 6.45) is 3.07. The lowest BCUT2D eigenvalue weighted by atomic mass is 9.92. The van der Waals surface area contributed by atoms with E-state index in [2.05, 4.69) is 10.6 Å². The van der Waals surface area contributed by atoms with E-state index in [1.54, 1.807) is 0 Å². The van der Waals surface area contributed by atoms with Crippen molar-refractivity contribution in [2.45, 2.75) is 52.5 Å². The van der Waals surface area contributed by atoms with Crippen LogP contribution in [0.3, 0.4) is 0 Å². The van der Waals surface area contributed by atoms with Gasteiger partial charge in [0.25, 0.3) is 0 Å². The van der Waals surface area contributed by atoms with E-state index in [4.69, 9.17) is 0 Å². The number of nitrogens with zero attached hydrogens (tertiary/aromatic N) is 1. The highest BCUT2D eigenvalue weighted by molar-refractivity contribution is 5.91. The molecule has 0 spiro atoms. The molecule has 1 aliphatic heterocycles. The Morgan fingerprint density at radius 3 is 2.48 bits per heavy atom. The highest BCUT2D eigenvalue weighted by Gasteiger charge is 2.22. The van der Waals surface area contributed by atoms with E-state index in [-0.39, 0.29) is 17.2 Å². The van der Waals surface area contributed by atoms with Crippen molar-refractivity contribution in [1.82, 2.24) is 10.2 Å². The Hall–Kier alpha value is -1.88. The van der Waals surface area contributed by atoms with Gasteiger partial charge in [0.15, 0.2) is 0 Å². The highest BCUT2D eigenvalue weighted by Crippen LogP contribution is 2.20. The molecule has 0 radical (unpaired) electrons. The van der Waals surface area contributed by atoms with Gasteiger partial charge in [-0.15, -0.1) is 0 Å². The van der Waals surface area contributed by atoms with Gasteiger partial charge in [-0.05, 0) is 43.0 Å². The Morgan fingerprint density at radius 2 is 1.88 bits per heavy atom. The van der Waals surface area contributed by atoms with E-state index in [1.165, 1.54) is 0 Å². The van der Waals surface area contributed by atoms with Crippen molar-refractivity contribution >= 4 is 17.5 Å². The van der Waals surface area contributed by atoms with Crippen molar-refractivity contribution in [2.24, 2.45) is 5.41 Å². The molecular weight excluding hydrogens is 314 g/mol. The third kappa shape index (κ3) is 6.50. The number of piperidine rings is 1. The predicted octanol–water partition coefficient (Wildman–Crippen LogP) is 2.81. The van der Waals surface area contributed by atoms with Gasteiger partial charge < -0.3 is 15.5 Å². The lowest BCUT2D eigenvalue weighted by Crippen LogP contribution is -2.47. The van der Waals surface area contributed by atoms with Crippen LogP contribution in [-0.2, 0) is 16.0 Å². The van der Waals surface area contributed by atoms with Gasteiger partial charge in [-0.3, -0.25) is 9.59 Å². The van der Waals surface area contributed by atoms with Crippen molar-refractivity contribution < 1.29 is 9.59 Å². The lowest BCUT2D eigenvalue weighted by molar-refractivity contribution is -0.131. The maximum atomic E-state index is 12.5. The number of carbonyl (C=O) groups is 2. The largest absolute Gasteiger partial charge is 0.341 e. The molecule has 1 atom stereocenters. The van der Waals surface area contributed by atoms with Crippen LogP contribution in [0, 0.1) is 5.41 Å². The standard InChI is InChI=1S/C20H31N3O2/c1-20(2,3)13-18(24)22-16-9-7-15(8-10-16)12-19(25)23-11-5-6-17(14-23)21-4/h7-10,17,21H,5-6,11-14H2,1-4H3,(H,22,24). The van der Waals surface area contributed by atoms with Gasteiger partial charge in [-0.1, -0.05) is 32.9 Å². The molecule has 2 rings (SSSR count). The smallest absolute Gasteiger partial charge is 0.227 e. The van der Waals surface area contributed by atoms with Crippen LogP contribution in [0.1, 0.15) is 45.6 Å². The molecule has 1 aromatic carbocycles. The molecule has 1 fully saturated rings. The molecule has 1 saturated heterocycles. The molecule has 5 nitrogen and oxygen atoms in total. The van der Waals surface area contributed by atoms with E-state index < -0.39 is 0 Å². The zero-order valence-electron chi connectivity index (χ0n) is 15.9. The van der Waals surface area contributed by atoms with Crippen molar-refractivity contribution in [3.05, 3.63) is 29.8 Å². The number of benzene rings is 1. The van der Waals surface area contributed by atoms with Gasteiger partial charge in [-0.2, -0.15) is 0 Å². The number of hydrogen-bond donors (Lipinski definition) is 2. The summed E-state index contributed by atoms with van der Waals surface area (Å²) < 4.78 is 0. The van der Waals surface area contributed by atoms with Crippen LogP contribution in [0.4, 0.5) is 5.69 Å². The molecule has 0 aliphatic carbocycles. The molecular formula is C20H31N3O2. The minimum atomic E-state index is -0.0317. The SMILES string of the molecule is CNC1CCCN(C(=O)Cc2ccc(NC(=O)CC(C)(C)C)cc2)C1. The van der Waals surface area contributed by atoms with E-state index in [0.29, 0.717) is 18.9 Å². The second-order valence-corrected chi connectivity index (χ2v) is 8.13. The summed E-state index contributed by atoms with van der Waals surface area (Å²) >= 11 is 0. The van der Waals surface area contributed by atoms with Crippen LogP contribution < -0.4 is 10.6 Å². The number of hydrogen-bond acceptors (Lipinski definition) is 3. The molecule has 138 valence electrons. The molecule has 5 heteroatoms. The second-order valence-electron chi connectivity index (χ2n) is 8.13. The number of anilines is 1. The van der Waals surface area contributed by atoms with Gasteiger partial charge in [0.05, 0.1) is 6.42 Å². The summed E-state index contributed by atoms with van der Waals surface area (Å²) in [6.45, 7) is 7.76. The van der Waals surface area contributed by atoms with Gasteiger partial charge in [0.1, 0.15) is 0 Å². The summed E-state index contributed by atoms with van der Waals surface area (Å²) in [6, 6.07) is 7.98. The van der Waals surface area contributed by atoms with Crippen LogP contribution >= 0.6 is 0 Å². The predicted molar refractivity (Wildman–Crippen MR) is 102 cm³/mol. The molecule has 1 aromatic rings. The molecule has 2 amide bonds. The first-order chi connectivity index (χ1) is 11.8. The number of rotatable bonds is 5. The summed E-state index contributed by atoms with van der Waals surface area (Å²) in [5.74, 6) is 0.187. The first-order valence-corrected chi connectivity index (χ1v) is 9.11. The van der Waals surface area contributed by atoms with Crippen LogP contribution in [-0.4, -0.2) is 42.9 Å².